The van der Waals surface area contributed by atoms with Gasteiger partial charge in [0.1, 0.15) is 0 Å². The summed E-state index contributed by atoms with van der Waals surface area (Å²) in [7, 11) is 0. The van der Waals surface area contributed by atoms with Crippen molar-refractivity contribution in [3.8, 4) is 5.75 Å². The first-order chi connectivity index (χ1) is 4.33. The molecule has 0 atom stereocenters. The SMILES string of the molecule is Cc1ccc(O[O])cc1. The predicted octanol–water partition coefficient (Wildman–Crippen LogP) is 1.72. The fourth-order valence-electron chi connectivity index (χ4n) is 0.594. The topological polar surface area (TPSA) is 29.1 Å². The second-order valence-electron chi connectivity index (χ2n) is 1.90. The minimum atomic E-state index is 0.362. The summed E-state index contributed by atoms with van der Waals surface area (Å²) in [6, 6.07) is 6.94. The van der Waals surface area contributed by atoms with E-state index in [0.717, 1.165) is 5.56 Å². The van der Waals surface area contributed by atoms with Crippen molar-refractivity contribution in [2.45, 2.75) is 6.92 Å². The molecule has 2 heteroatoms. The van der Waals surface area contributed by atoms with Gasteiger partial charge >= 0.3 is 0 Å². The number of rotatable bonds is 1. The Hall–Kier alpha value is -1.02. The number of hydrogen-bond acceptors (Lipinski definition) is 1. The van der Waals surface area contributed by atoms with Crippen LogP contribution in [0.2, 0.25) is 0 Å². The monoisotopic (exact) mass is 123 g/mol. The molecule has 0 fully saturated rings. The largest absolute Gasteiger partial charge is 0.305 e. The van der Waals surface area contributed by atoms with Gasteiger partial charge in [0.15, 0.2) is 5.75 Å². The molecular formula is C7H7O2. The van der Waals surface area contributed by atoms with E-state index in [2.05, 4.69) is 4.89 Å². The molecule has 1 aromatic carbocycles. The van der Waals surface area contributed by atoms with E-state index in [9.17, 15) is 5.26 Å². The lowest BCUT2D eigenvalue weighted by molar-refractivity contribution is -0.208. The molecule has 0 spiro atoms. The molecule has 0 saturated carbocycles. The van der Waals surface area contributed by atoms with E-state index in [0.29, 0.717) is 5.75 Å². The van der Waals surface area contributed by atoms with Crippen molar-refractivity contribution in [1.29, 1.82) is 0 Å². The third-order valence-electron chi connectivity index (χ3n) is 1.12. The Morgan fingerprint density at radius 2 is 1.78 bits per heavy atom. The van der Waals surface area contributed by atoms with Crippen molar-refractivity contribution in [2.75, 3.05) is 0 Å². The normalized spacial score (nSPS) is 9.11. The zero-order valence-corrected chi connectivity index (χ0v) is 5.13. The van der Waals surface area contributed by atoms with Crippen LogP contribution in [0.4, 0.5) is 0 Å². The summed E-state index contributed by atoms with van der Waals surface area (Å²) in [6.07, 6.45) is 0. The summed E-state index contributed by atoms with van der Waals surface area (Å²) < 4.78 is 0. The lowest BCUT2D eigenvalue weighted by Crippen LogP contribution is -1.79. The molecule has 0 bridgehead atoms. The fraction of sp³-hybridized carbons (Fsp3) is 0.143. The highest BCUT2D eigenvalue weighted by Crippen LogP contribution is 2.09. The minimum Gasteiger partial charge on any atom is -0.305 e. The molecule has 47 valence electrons. The highest BCUT2D eigenvalue weighted by Gasteiger charge is 1.88. The average Bonchev–Trinajstić information content (AvgIpc) is 1.90. The van der Waals surface area contributed by atoms with Crippen LogP contribution in [0.15, 0.2) is 24.3 Å². The molecule has 0 amide bonds. The lowest BCUT2D eigenvalue weighted by atomic mass is 10.2. The lowest BCUT2D eigenvalue weighted by Gasteiger charge is -1.92. The molecule has 1 aromatic rings. The maximum Gasteiger partial charge on any atom is 0.168 e. The van der Waals surface area contributed by atoms with Crippen LogP contribution in [0.5, 0.6) is 5.75 Å². The van der Waals surface area contributed by atoms with Gasteiger partial charge in [0.25, 0.3) is 0 Å². The van der Waals surface area contributed by atoms with Crippen LogP contribution in [0.25, 0.3) is 0 Å². The van der Waals surface area contributed by atoms with Gasteiger partial charge < -0.3 is 4.89 Å². The summed E-state index contributed by atoms with van der Waals surface area (Å²) in [5, 5.41) is 9.74. The summed E-state index contributed by atoms with van der Waals surface area (Å²) in [6.45, 7) is 1.95. The first kappa shape index (κ1) is 6.11. The summed E-state index contributed by atoms with van der Waals surface area (Å²) in [5.74, 6) is 0.362. The third kappa shape index (κ3) is 1.44. The summed E-state index contributed by atoms with van der Waals surface area (Å²) >= 11 is 0. The number of benzene rings is 1. The molecule has 0 aliphatic rings. The van der Waals surface area contributed by atoms with Crippen LogP contribution in [0.3, 0.4) is 0 Å². The molecule has 2 nitrogen and oxygen atoms in total. The van der Waals surface area contributed by atoms with E-state index in [-0.39, 0.29) is 0 Å². The maximum absolute atomic E-state index is 9.74. The quantitative estimate of drug-likeness (QED) is 0.413. The van der Waals surface area contributed by atoms with Crippen molar-refractivity contribution in [3.05, 3.63) is 29.8 Å². The Balaban J connectivity index is 2.88. The van der Waals surface area contributed by atoms with Gasteiger partial charge in [-0.3, -0.25) is 0 Å². The van der Waals surface area contributed by atoms with E-state index in [1.54, 1.807) is 12.1 Å². The van der Waals surface area contributed by atoms with E-state index in [1.807, 2.05) is 19.1 Å². The number of aryl methyl sites for hydroxylation is 1. The van der Waals surface area contributed by atoms with Gasteiger partial charge in [0, 0.05) is 5.26 Å². The van der Waals surface area contributed by atoms with Crippen LogP contribution in [0.1, 0.15) is 5.56 Å². The Morgan fingerprint density at radius 1 is 1.22 bits per heavy atom. The Kier molecular flexibility index (Phi) is 1.70. The predicted molar refractivity (Wildman–Crippen MR) is 32.5 cm³/mol. The summed E-state index contributed by atoms with van der Waals surface area (Å²) in [5.41, 5.74) is 1.12. The van der Waals surface area contributed by atoms with Crippen molar-refractivity contribution in [1.82, 2.24) is 0 Å². The zero-order chi connectivity index (χ0) is 6.69. The standard InChI is InChI=1S/C7H7O2/c1-6-2-4-7(9-8)5-3-6/h2-5H,1H3. The van der Waals surface area contributed by atoms with Crippen LogP contribution >= 0.6 is 0 Å². The van der Waals surface area contributed by atoms with E-state index in [1.165, 1.54) is 0 Å². The van der Waals surface area contributed by atoms with Gasteiger partial charge in [0.05, 0.1) is 0 Å². The first-order valence-corrected chi connectivity index (χ1v) is 2.69. The molecule has 0 aliphatic heterocycles. The van der Waals surface area contributed by atoms with Crippen molar-refractivity contribution < 1.29 is 10.1 Å². The molecular weight excluding hydrogens is 116 g/mol. The van der Waals surface area contributed by atoms with Gasteiger partial charge in [-0.1, -0.05) is 17.7 Å². The van der Waals surface area contributed by atoms with Crippen molar-refractivity contribution in [3.63, 3.8) is 0 Å². The molecule has 0 saturated heterocycles. The highest BCUT2D eigenvalue weighted by molar-refractivity contribution is 5.25. The molecule has 0 heterocycles. The third-order valence-corrected chi connectivity index (χ3v) is 1.12. The fourth-order valence-corrected chi connectivity index (χ4v) is 0.594. The highest BCUT2D eigenvalue weighted by atomic mass is 17.1. The molecule has 0 aliphatic carbocycles. The van der Waals surface area contributed by atoms with Crippen molar-refractivity contribution in [2.24, 2.45) is 0 Å². The van der Waals surface area contributed by atoms with Gasteiger partial charge in [-0.05, 0) is 19.1 Å². The molecule has 1 radical (unpaired) electrons. The van der Waals surface area contributed by atoms with Crippen LogP contribution in [0, 0.1) is 6.92 Å². The smallest absolute Gasteiger partial charge is 0.168 e. The van der Waals surface area contributed by atoms with Gasteiger partial charge in [0.2, 0.25) is 0 Å². The Bertz CT molecular complexity index is 179. The van der Waals surface area contributed by atoms with E-state index >= 15 is 0 Å². The Labute approximate surface area is 53.6 Å². The van der Waals surface area contributed by atoms with E-state index in [4.69, 9.17) is 0 Å². The van der Waals surface area contributed by atoms with Gasteiger partial charge in [-0.25, -0.2) is 0 Å². The molecule has 9 heavy (non-hydrogen) atoms. The van der Waals surface area contributed by atoms with Crippen LogP contribution in [-0.4, -0.2) is 0 Å². The maximum atomic E-state index is 9.74. The molecule has 1 rings (SSSR count). The second-order valence-corrected chi connectivity index (χ2v) is 1.90. The molecule has 0 unspecified atom stereocenters. The second kappa shape index (κ2) is 2.51. The van der Waals surface area contributed by atoms with E-state index < -0.39 is 0 Å². The number of hydrogen-bond donors (Lipinski definition) is 0. The van der Waals surface area contributed by atoms with Crippen LogP contribution in [-0.2, 0) is 5.26 Å². The summed E-state index contributed by atoms with van der Waals surface area (Å²) in [4.78, 5) is 3.72. The van der Waals surface area contributed by atoms with Crippen molar-refractivity contribution >= 4 is 0 Å². The van der Waals surface area contributed by atoms with Gasteiger partial charge in [-0.2, -0.15) is 0 Å². The average molecular weight is 123 g/mol. The molecule has 0 aromatic heterocycles. The first-order valence-electron chi connectivity index (χ1n) is 2.69. The zero-order valence-electron chi connectivity index (χ0n) is 5.13. The van der Waals surface area contributed by atoms with Crippen LogP contribution < -0.4 is 4.89 Å². The van der Waals surface area contributed by atoms with Gasteiger partial charge in [-0.15, -0.1) is 0 Å². The minimum absolute atomic E-state index is 0.362. The molecule has 0 N–H and O–H groups in total. The Morgan fingerprint density at radius 3 is 2.22 bits per heavy atom.